The smallest absolute Gasteiger partial charge is 0.166 e. The van der Waals surface area contributed by atoms with Crippen molar-refractivity contribution in [3.05, 3.63) is 23.3 Å². The van der Waals surface area contributed by atoms with Gasteiger partial charge in [0.1, 0.15) is 11.5 Å². The molecule has 0 saturated heterocycles. The minimum absolute atomic E-state index is 0.0289. The minimum Gasteiger partial charge on any atom is -0.508 e. The number of hydrogen-bond donors (Lipinski definition) is 2. The lowest BCUT2D eigenvalue weighted by Gasteiger charge is -2.10. The van der Waals surface area contributed by atoms with E-state index in [0.29, 0.717) is 29.9 Å². The number of benzene rings is 1. The molecule has 0 radical (unpaired) electrons. The van der Waals surface area contributed by atoms with Gasteiger partial charge in [0.15, 0.2) is 5.78 Å². The van der Waals surface area contributed by atoms with Crippen molar-refractivity contribution in [2.45, 2.75) is 32.6 Å². The van der Waals surface area contributed by atoms with Gasteiger partial charge in [-0.15, -0.1) is 0 Å². The third-order valence-corrected chi connectivity index (χ3v) is 3.07. The Hall–Kier alpha value is -1.51. The van der Waals surface area contributed by atoms with Crippen molar-refractivity contribution in [2.24, 2.45) is 5.92 Å². The molecule has 2 N–H and O–H groups in total. The standard InChI is InChI=1S/C13H16O3/c1-2-11(14)9-5-6-12(15)10(13(9)16)7-8-3-4-8/h5-6,8,15-16H,2-4,7H2,1H3. The number of Topliss-reactive ketones (excluding diaryl/α,β-unsaturated/α-hetero) is 1. The molecule has 3 nitrogen and oxygen atoms in total. The van der Waals surface area contributed by atoms with E-state index in [4.69, 9.17) is 0 Å². The van der Waals surface area contributed by atoms with E-state index in [9.17, 15) is 15.0 Å². The molecule has 0 amide bonds. The lowest BCUT2D eigenvalue weighted by atomic mass is 9.99. The monoisotopic (exact) mass is 220 g/mol. The van der Waals surface area contributed by atoms with Gasteiger partial charge >= 0.3 is 0 Å². The van der Waals surface area contributed by atoms with Gasteiger partial charge in [-0.2, -0.15) is 0 Å². The van der Waals surface area contributed by atoms with E-state index in [2.05, 4.69) is 0 Å². The molecular formula is C13H16O3. The van der Waals surface area contributed by atoms with Crippen molar-refractivity contribution >= 4 is 5.78 Å². The summed E-state index contributed by atoms with van der Waals surface area (Å²) < 4.78 is 0. The van der Waals surface area contributed by atoms with Crippen LogP contribution in [0.4, 0.5) is 0 Å². The fourth-order valence-electron chi connectivity index (χ4n) is 1.85. The van der Waals surface area contributed by atoms with Crippen molar-refractivity contribution in [1.29, 1.82) is 0 Å². The summed E-state index contributed by atoms with van der Waals surface area (Å²) >= 11 is 0. The first-order chi connectivity index (χ1) is 7.63. The van der Waals surface area contributed by atoms with Crippen LogP contribution in [0.2, 0.25) is 0 Å². The van der Waals surface area contributed by atoms with E-state index in [1.165, 1.54) is 12.1 Å². The van der Waals surface area contributed by atoms with Crippen LogP contribution in [0, 0.1) is 5.92 Å². The maximum Gasteiger partial charge on any atom is 0.166 e. The first-order valence-corrected chi connectivity index (χ1v) is 5.70. The van der Waals surface area contributed by atoms with Gasteiger partial charge in [-0.3, -0.25) is 4.79 Å². The summed E-state index contributed by atoms with van der Waals surface area (Å²) in [6, 6.07) is 2.99. The molecule has 1 aromatic rings. The molecule has 3 heteroatoms. The predicted molar refractivity (Wildman–Crippen MR) is 60.8 cm³/mol. The molecule has 1 aliphatic carbocycles. The fourth-order valence-corrected chi connectivity index (χ4v) is 1.85. The summed E-state index contributed by atoms with van der Waals surface area (Å²) in [5, 5.41) is 19.6. The molecule has 0 aromatic heterocycles. The van der Waals surface area contributed by atoms with Gasteiger partial charge in [0.25, 0.3) is 0 Å². The number of carbonyl (C=O) groups is 1. The topological polar surface area (TPSA) is 57.5 Å². The second-order valence-corrected chi connectivity index (χ2v) is 4.38. The molecule has 86 valence electrons. The second kappa shape index (κ2) is 4.16. The summed E-state index contributed by atoms with van der Waals surface area (Å²) in [6.45, 7) is 1.76. The van der Waals surface area contributed by atoms with Crippen LogP contribution in [-0.4, -0.2) is 16.0 Å². The van der Waals surface area contributed by atoms with Crippen LogP contribution >= 0.6 is 0 Å². The van der Waals surface area contributed by atoms with Gasteiger partial charge in [-0.05, 0) is 37.3 Å². The van der Waals surface area contributed by atoms with E-state index in [-0.39, 0.29) is 17.3 Å². The SMILES string of the molecule is CCC(=O)c1ccc(O)c(CC2CC2)c1O. The van der Waals surface area contributed by atoms with Crippen LogP contribution in [-0.2, 0) is 6.42 Å². The molecule has 1 fully saturated rings. The van der Waals surface area contributed by atoms with Gasteiger partial charge < -0.3 is 10.2 Å². The number of phenolic OH excluding ortho intramolecular Hbond substituents is 2. The first kappa shape index (κ1) is 11.0. The van der Waals surface area contributed by atoms with Crippen molar-refractivity contribution in [1.82, 2.24) is 0 Å². The largest absolute Gasteiger partial charge is 0.508 e. The number of carbonyl (C=O) groups excluding carboxylic acids is 1. The zero-order valence-electron chi connectivity index (χ0n) is 9.36. The van der Waals surface area contributed by atoms with Crippen LogP contribution < -0.4 is 0 Å². The molecule has 0 aliphatic heterocycles. The van der Waals surface area contributed by atoms with Crippen LogP contribution in [0.15, 0.2) is 12.1 Å². The molecule has 2 rings (SSSR count). The highest BCUT2D eigenvalue weighted by Gasteiger charge is 2.26. The maximum absolute atomic E-state index is 11.6. The van der Waals surface area contributed by atoms with Crippen molar-refractivity contribution < 1.29 is 15.0 Å². The lowest BCUT2D eigenvalue weighted by Crippen LogP contribution is -2.00. The molecule has 0 spiro atoms. The van der Waals surface area contributed by atoms with E-state index in [0.717, 1.165) is 12.8 Å². The average molecular weight is 220 g/mol. The number of phenols is 2. The number of hydrogen-bond acceptors (Lipinski definition) is 3. The van der Waals surface area contributed by atoms with Crippen LogP contribution in [0.25, 0.3) is 0 Å². The molecule has 16 heavy (non-hydrogen) atoms. The van der Waals surface area contributed by atoms with Gasteiger partial charge in [-0.25, -0.2) is 0 Å². The van der Waals surface area contributed by atoms with E-state index in [1.54, 1.807) is 6.92 Å². The fraction of sp³-hybridized carbons (Fsp3) is 0.462. The van der Waals surface area contributed by atoms with Gasteiger partial charge in [0.05, 0.1) is 5.56 Å². The normalized spacial score (nSPS) is 15.1. The maximum atomic E-state index is 11.6. The Labute approximate surface area is 94.7 Å². The van der Waals surface area contributed by atoms with Crippen LogP contribution in [0.3, 0.4) is 0 Å². The van der Waals surface area contributed by atoms with E-state index in [1.807, 2.05) is 0 Å². The highest BCUT2D eigenvalue weighted by Crippen LogP contribution is 2.39. The molecule has 0 unspecified atom stereocenters. The summed E-state index contributed by atoms with van der Waals surface area (Å²) in [7, 11) is 0. The number of aromatic hydroxyl groups is 2. The molecule has 0 bridgehead atoms. The zero-order valence-corrected chi connectivity index (χ0v) is 9.36. The average Bonchev–Trinajstić information content (AvgIpc) is 3.07. The Morgan fingerprint density at radius 3 is 2.62 bits per heavy atom. The van der Waals surface area contributed by atoms with Gasteiger partial charge in [0, 0.05) is 12.0 Å². The highest BCUT2D eigenvalue weighted by atomic mass is 16.3. The summed E-state index contributed by atoms with van der Waals surface area (Å²) in [5.74, 6) is 0.536. The second-order valence-electron chi connectivity index (χ2n) is 4.38. The van der Waals surface area contributed by atoms with E-state index < -0.39 is 0 Å². The Balaban J connectivity index is 2.37. The third kappa shape index (κ3) is 2.03. The highest BCUT2D eigenvalue weighted by molar-refractivity contribution is 5.99. The van der Waals surface area contributed by atoms with Crippen molar-refractivity contribution in [3.8, 4) is 11.5 Å². The van der Waals surface area contributed by atoms with Crippen molar-refractivity contribution in [2.75, 3.05) is 0 Å². The quantitative estimate of drug-likeness (QED) is 0.767. The van der Waals surface area contributed by atoms with Crippen LogP contribution in [0.5, 0.6) is 11.5 Å². The Bertz CT molecular complexity index is 419. The van der Waals surface area contributed by atoms with Crippen LogP contribution in [0.1, 0.15) is 42.1 Å². The Morgan fingerprint density at radius 2 is 2.06 bits per heavy atom. The Kier molecular flexibility index (Phi) is 2.86. The molecular weight excluding hydrogens is 204 g/mol. The lowest BCUT2D eigenvalue weighted by molar-refractivity contribution is 0.0985. The molecule has 1 aromatic carbocycles. The number of ketones is 1. The summed E-state index contributed by atoms with van der Waals surface area (Å²) in [5.41, 5.74) is 0.859. The van der Waals surface area contributed by atoms with Crippen molar-refractivity contribution in [3.63, 3.8) is 0 Å². The third-order valence-electron chi connectivity index (χ3n) is 3.07. The summed E-state index contributed by atoms with van der Waals surface area (Å²) in [4.78, 5) is 11.6. The van der Waals surface area contributed by atoms with E-state index >= 15 is 0 Å². The Morgan fingerprint density at radius 1 is 1.38 bits per heavy atom. The predicted octanol–water partition coefficient (Wildman–Crippen LogP) is 2.64. The molecule has 1 aliphatic rings. The zero-order chi connectivity index (χ0) is 11.7. The van der Waals surface area contributed by atoms with Gasteiger partial charge in [-0.1, -0.05) is 6.92 Å². The summed E-state index contributed by atoms with van der Waals surface area (Å²) in [6.07, 6.45) is 3.32. The minimum atomic E-state index is -0.0884. The number of rotatable bonds is 4. The molecule has 0 heterocycles. The molecule has 0 atom stereocenters. The van der Waals surface area contributed by atoms with Gasteiger partial charge in [0.2, 0.25) is 0 Å². The molecule has 1 saturated carbocycles. The first-order valence-electron chi connectivity index (χ1n) is 5.70.